The van der Waals surface area contributed by atoms with E-state index >= 15 is 0 Å². The number of rotatable bonds is 5. The summed E-state index contributed by atoms with van der Waals surface area (Å²) >= 11 is 0. The summed E-state index contributed by atoms with van der Waals surface area (Å²) in [6, 6.07) is 0.503. The third-order valence-corrected chi connectivity index (χ3v) is 5.71. The molecule has 7 heteroatoms. The van der Waals surface area contributed by atoms with Gasteiger partial charge in [0.1, 0.15) is 0 Å². The van der Waals surface area contributed by atoms with Crippen molar-refractivity contribution in [1.29, 1.82) is 0 Å². The van der Waals surface area contributed by atoms with Crippen molar-refractivity contribution in [2.24, 2.45) is 10.4 Å². The maximum Gasteiger partial charge on any atom is 0.191 e. The number of hydrogen-bond donors (Lipinski definition) is 3. The molecule has 0 bridgehead atoms. The summed E-state index contributed by atoms with van der Waals surface area (Å²) in [5.74, 6) is 0.873. The number of hydrogen-bond acceptors (Lipinski definition) is 4. The van der Waals surface area contributed by atoms with Gasteiger partial charge in [0.05, 0.1) is 12.6 Å². The molecule has 0 spiro atoms. The summed E-state index contributed by atoms with van der Waals surface area (Å²) in [5.41, 5.74) is -0.0809. The van der Waals surface area contributed by atoms with E-state index in [0.717, 1.165) is 57.9 Å². The van der Waals surface area contributed by atoms with Crippen molar-refractivity contribution in [3.05, 3.63) is 0 Å². The Morgan fingerprint density at radius 2 is 2.00 bits per heavy atom. The normalized spacial score (nSPS) is 32.1. The first-order valence-corrected chi connectivity index (χ1v) is 9.53. The Bertz CT molecular complexity index is 422. The quantitative estimate of drug-likeness (QED) is 0.324. The summed E-state index contributed by atoms with van der Waals surface area (Å²) in [6.07, 6.45) is 4.09. The molecule has 0 amide bonds. The highest BCUT2D eigenvalue weighted by molar-refractivity contribution is 14.0. The van der Waals surface area contributed by atoms with Crippen LogP contribution in [0.1, 0.15) is 39.5 Å². The van der Waals surface area contributed by atoms with Crippen molar-refractivity contribution in [2.75, 3.05) is 53.4 Å². The highest BCUT2D eigenvalue weighted by atomic mass is 127. The van der Waals surface area contributed by atoms with Gasteiger partial charge >= 0.3 is 0 Å². The summed E-state index contributed by atoms with van der Waals surface area (Å²) in [5, 5.41) is 17.2. The first-order chi connectivity index (χ1) is 11.4. The topological polar surface area (TPSA) is 63.1 Å². The molecule has 1 saturated heterocycles. The van der Waals surface area contributed by atoms with Gasteiger partial charge in [0.15, 0.2) is 5.96 Å². The van der Waals surface area contributed by atoms with Gasteiger partial charge < -0.3 is 20.6 Å². The number of guanidine groups is 1. The van der Waals surface area contributed by atoms with E-state index in [2.05, 4.69) is 48.4 Å². The molecule has 1 saturated carbocycles. The van der Waals surface area contributed by atoms with E-state index in [1.165, 1.54) is 6.42 Å². The molecule has 6 nitrogen and oxygen atoms in total. The van der Waals surface area contributed by atoms with Crippen molar-refractivity contribution in [1.82, 2.24) is 20.4 Å². The predicted molar refractivity (Wildman–Crippen MR) is 116 cm³/mol. The van der Waals surface area contributed by atoms with Crippen molar-refractivity contribution in [3.63, 3.8) is 0 Å². The van der Waals surface area contributed by atoms with Crippen LogP contribution in [0.4, 0.5) is 0 Å². The molecule has 2 fully saturated rings. The zero-order chi connectivity index (χ0) is 17.6. The number of nitrogens with one attached hydrogen (secondary N) is 2. The Hall–Kier alpha value is -0.120. The molecule has 2 rings (SSSR count). The van der Waals surface area contributed by atoms with Gasteiger partial charge in [-0.3, -0.25) is 9.89 Å². The molecule has 2 aliphatic rings. The minimum Gasteiger partial charge on any atom is -0.392 e. The molecule has 0 aromatic rings. The second kappa shape index (κ2) is 10.9. The van der Waals surface area contributed by atoms with Gasteiger partial charge in [-0.05, 0) is 33.9 Å². The molecule has 148 valence electrons. The molecule has 0 aromatic carbocycles. The summed E-state index contributed by atoms with van der Waals surface area (Å²) < 4.78 is 0. The third-order valence-electron chi connectivity index (χ3n) is 5.71. The third kappa shape index (κ3) is 6.84. The standard InChI is InChI=1S/C18H37N5O.HI/c1-5-19-17(20-12-15-13-22(3)10-11-23(15)4)21-14-18(2)9-7-6-8-16(18)24;/h15-16,24H,5-14H2,1-4H3,(H2,19,20,21);1H. The predicted octanol–water partition coefficient (Wildman–Crippen LogP) is 1.35. The number of aliphatic hydroxyl groups excluding tert-OH is 1. The highest BCUT2D eigenvalue weighted by Crippen LogP contribution is 2.36. The van der Waals surface area contributed by atoms with Gasteiger partial charge in [-0.1, -0.05) is 19.8 Å². The lowest BCUT2D eigenvalue weighted by Gasteiger charge is -2.38. The Labute approximate surface area is 170 Å². The molecule has 1 aliphatic carbocycles. The fourth-order valence-corrected chi connectivity index (χ4v) is 3.70. The van der Waals surface area contributed by atoms with Crippen LogP contribution < -0.4 is 10.6 Å². The van der Waals surface area contributed by atoms with Crippen molar-refractivity contribution < 1.29 is 5.11 Å². The van der Waals surface area contributed by atoms with Crippen molar-refractivity contribution in [3.8, 4) is 0 Å². The fourth-order valence-electron chi connectivity index (χ4n) is 3.70. The van der Waals surface area contributed by atoms with E-state index in [-0.39, 0.29) is 35.5 Å². The first-order valence-electron chi connectivity index (χ1n) is 9.53. The number of nitrogens with zero attached hydrogens (tertiary/aromatic N) is 3. The van der Waals surface area contributed by atoms with Crippen LogP contribution in [0, 0.1) is 5.41 Å². The lowest BCUT2D eigenvalue weighted by Crippen LogP contribution is -2.55. The maximum atomic E-state index is 10.3. The second-order valence-electron chi connectivity index (χ2n) is 7.89. The van der Waals surface area contributed by atoms with Crippen molar-refractivity contribution >= 4 is 29.9 Å². The summed E-state index contributed by atoms with van der Waals surface area (Å²) in [4.78, 5) is 9.59. The number of halogens is 1. The van der Waals surface area contributed by atoms with Crippen molar-refractivity contribution in [2.45, 2.75) is 51.7 Å². The lowest BCUT2D eigenvalue weighted by atomic mass is 9.73. The molecular formula is C18H38IN5O. The van der Waals surface area contributed by atoms with Crippen LogP contribution >= 0.6 is 24.0 Å². The van der Waals surface area contributed by atoms with Crippen LogP contribution in [0.2, 0.25) is 0 Å². The molecule has 3 unspecified atom stereocenters. The SMILES string of the molecule is CCNC(=NCC1(C)CCCCC1O)NCC1CN(C)CCN1C.I. The molecular weight excluding hydrogens is 429 g/mol. The van der Waals surface area contributed by atoms with Gasteiger partial charge in [0, 0.05) is 44.2 Å². The van der Waals surface area contributed by atoms with Gasteiger partial charge in [-0.25, -0.2) is 0 Å². The monoisotopic (exact) mass is 467 g/mol. The van der Waals surface area contributed by atoms with E-state index in [4.69, 9.17) is 4.99 Å². The molecule has 0 aromatic heterocycles. The zero-order valence-corrected chi connectivity index (χ0v) is 18.8. The Balaban J connectivity index is 0.00000312. The Kier molecular flexibility index (Phi) is 9.98. The molecule has 1 heterocycles. The average Bonchev–Trinajstić information content (AvgIpc) is 2.56. The van der Waals surface area contributed by atoms with E-state index < -0.39 is 0 Å². The molecule has 3 atom stereocenters. The molecule has 3 N–H and O–H groups in total. The smallest absolute Gasteiger partial charge is 0.191 e. The number of aliphatic imine (C=N–C) groups is 1. The van der Waals surface area contributed by atoms with Gasteiger partial charge in [0.2, 0.25) is 0 Å². The van der Waals surface area contributed by atoms with Crippen LogP contribution in [0.3, 0.4) is 0 Å². The minimum atomic E-state index is -0.226. The largest absolute Gasteiger partial charge is 0.392 e. The Morgan fingerprint density at radius 1 is 1.24 bits per heavy atom. The highest BCUT2D eigenvalue weighted by Gasteiger charge is 2.35. The lowest BCUT2D eigenvalue weighted by molar-refractivity contribution is 0.00715. The molecule has 0 radical (unpaired) electrons. The van der Waals surface area contributed by atoms with Crippen LogP contribution in [-0.2, 0) is 0 Å². The Morgan fingerprint density at radius 3 is 2.68 bits per heavy atom. The maximum absolute atomic E-state index is 10.3. The molecule has 1 aliphatic heterocycles. The van der Waals surface area contributed by atoms with Crippen LogP contribution in [0.5, 0.6) is 0 Å². The van der Waals surface area contributed by atoms with E-state index in [0.29, 0.717) is 12.6 Å². The zero-order valence-electron chi connectivity index (χ0n) is 16.4. The number of aliphatic hydroxyl groups is 1. The summed E-state index contributed by atoms with van der Waals surface area (Å²) in [6.45, 7) is 10.0. The van der Waals surface area contributed by atoms with E-state index in [1.807, 2.05) is 0 Å². The van der Waals surface area contributed by atoms with Gasteiger partial charge in [-0.15, -0.1) is 24.0 Å². The number of likely N-dealkylation sites (N-methyl/N-ethyl adjacent to an activating group) is 2. The minimum absolute atomic E-state index is 0. The van der Waals surface area contributed by atoms with Crippen LogP contribution in [-0.4, -0.2) is 86.4 Å². The molecule has 25 heavy (non-hydrogen) atoms. The van der Waals surface area contributed by atoms with Gasteiger partial charge in [-0.2, -0.15) is 0 Å². The van der Waals surface area contributed by atoms with Crippen LogP contribution in [0.25, 0.3) is 0 Å². The number of piperazine rings is 1. The van der Waals surface area contributed by atoms with Gasteiger partial charge in [0.25, 0.3) is 0 Å². The van der Waals surface area contributed by atoms with Crippen LogP contribution in [0.15, 0.2) is 4.99 Å². The van der Waals surface area contributed by atoms with E-state index in [1.54, 1.807) is 0 Å². The first kappa shape index (κ1) is 22.9. The fraction of sp³-hybridized carbons (Fsp3) is 0.944. The second-order valence-corrected chi connectivity index (χ2v) is 7.89. The van der Waals surface area contributed by atoms with E-state index in [9.17, 15) is 5.11 Å². The summed E-state index contributed by atoms with van der Waals surface area (Å²) in [7, 11) is 4.38. The average molecular weight is 467 g/mol.